The average Bonchev–Trinajstić information content (AvgIpc) is 3.33. The predicted molar refractivity (Wildman–Crippen MR) is 143 cm³/mol. The van der Waals surface area contributed by atoms with E-state index in [2.05, 4.69) is 17.3 Å². The van der Waals surface area contributed by atoms with E-state index < -0.39 is 12.0 Å². The molecule has 2 aliphatic heterocycles. The van der Waals surface area contributed by atoms with E-state index in [1.807, 2.05) is 48.2 Å². The number of carbonyl (C=O) groups is 2. The lowest BCUT2D eigenvalue weighted by Gasteiger charge is -2.42. The Labute approximate surface area is 219 Å². The number of rotatable bonds is 10. The second kappa shape index (κ2) is 11.9. The Morgan fingerprint density at radius 1 is 1.08 bits per heavy atom. The molecule has 37 heavy (non-hydrogen) atoms. The number of benzene rings is 2. The fourth-order valence-corrected chi connectivity index (χ4v) is 5.82. The molecule has 0 aromatic heterocycles. The number of hydrogen-bond donors (Lipinski definition) is 1. The van der Waals surface area contributed by atoms with E-state index >= 15 is 0 Å². The van der Waals surface area contributed by atoms with Gasteiger partial charge in [-0.1, -0.05) is 25.1 Å². The smallest absolute Gasteiger partial charge is 0.254 e. The number of carbonyl (C=O) groups excluding carboxylic acids is 2. The van der Waals surface area contributed by atoms with Gasteiger partial charge in [0.2, 0.25) is 11.7 Å². The van der Waals surface area contributed by atoms with Gasteiger partial charge in [-0.15, -0.1) is 0 Å². The van der Waals surface area contributed by atoms with Gasteiger partial charge in [-0.25, -0.2) is 0 Å². The molecular formula is C29H39N3O5. The SMILES string of the molecule is CCCN1C(=O)c2ccccc2[C@H](C(=O)NCC[C@H]2CCCN2C)[C@H]1c1cc(OC)c(OC)c(OC)c1. The number of fused-ring (bicyclic) bond motifs is 1. The lowest BCUT2D eigenvalue weighted by molar-refractivity contribution is -0.124. The number of nitrogens with one attached hydrogen (secondary N) is 1. The van der Waals surface area contributed by atoms with Crippen molar-refractivity contribution in [2.24, 2.45) is 0 Å². The summed E-state index contributed by atoms with van der Waals surface area (Å²) >= 11 is 0. The Morgan fingerprint density at radius 2 is 1.78 bits per heavy atom. The summed E-state index contributed by atoms with van der Waals surface area (Å²) in [7, 11) is 6.83. The number of hydrogen-bond acceptors (Lipinski definition) is 6. The second-order valence-electron chi connectivity index (χ2n) is 9.82. The van der Waals surface area contributed by atoms with E-state index in [9.17, 15) is 9.59 Å². The summed E-state index contributed by atoms with van der Waals surface area (Å²) in [6.07, 6.45) is 4.02. The van der Waals surface area contributed by atoms with Crippen molar-refractivity contribution in [3.63, 3.8) is 0 Å². The summed E-state index contributed by atoms with van der Waals surface area (Å²) in [5, 5.41) is 3.21. The van der Waals surface area contributed by atoms with E-state index in [-0.39, 0.29) is 11.8 Å². The quantitative estimate of drug-likeness (QED) is 0.522. The minimum atomic E-state index is -0.579. The van der Waals surface area contributed by atoms with Crippen molar-refractivity contribution in [3.05, 3.63) is 53.1 Å². The Bertz CT molecular complexity index is 1100. The molecule has 2 heterocycles. The molecule has 1 saturated heterocycles. The highest BCUT2D eigenvalue weighted by atomic mass is 16.5. The van der Waals surface area contributed by atoms with Crippen LogP contribution in [0.25, 0.3) is 0 Å². The highest BCUT2D eigenvalue weighted by molar-refractivity contribution is 6.01. The molecule has 0 spiro atoms. The maximum absolute atomic E-state index is 13.9. The zero-order valence-corrected chi connectivity index (χ0v) is 22.6. The molecule has 2 aromatic rings. The molecular weight excluding hydrogens is 470 g/mol. The first-order chi connectivity index (χ1) is 17.9. The molecule has 8 nitrogen and oxygen atoms in total. The van der Waals surface area contributed by atoms with Gasteiger partial charge in [-0.3, -0.25) is 9.59 Å². The van der Waals surface area contributed by atoms with Crippen molar-refractivity contribution in [2.75, 3.05) is 48.0 Å². The molecule has 2 aromatic carbocycles. The summed E-state index contributed by atoms with van der Waals surface area (Å²) in [6, 6.07) is 11.1. The van der Waals surface area contributed by atoms with Crippen molar-refractivity contribution in [1.29, 1.82) is 0 Å². The van der Waals surface area contributed by atoms with Gasteiger partial charge in [0.05, 0.1) is 33.3 Å². The number of methoxy groups -OCH3 is 3. The third-order valence-corrected chi connectivity index (χ3v) is 7.66. The van der Waals surface area contributed by atoms with Gasteiger partial charge in [-0.2, -0.15) is 0 Å². The van der Waals surface area contributed by atoms with Crippen LogP contribution in [0, 0.1) is 0 Å². The largest absolute Gasteiger partial charge is 0.493 e. The van der Waals surface area contributed by atoms with E-state index in [1.54, 1.807) is 21.3 Å². The summed E-state index contributed by atoms with van der Waals surface area (Å²) in [6.45, 7) is 4.25. The van der Waals surface area contributed by atoms with Gasteiger partial charge < -0.3 is 29.3 Å². The third kappa shape index (κ3) is 5.25. The number of nitrogens with zero attached hydrogens (tertiary/aromatic N) is 2. The van der Waals surface area contributed by atoms with Crippen LogP contribution in [0.4, 0.5) is 0 Å². The molecule has 1 fully saturated rings. The van der Waals surface area contributed by atoms with Crippen LogP contribution in [0.1, 0.15) is 66.1 Å². The van der Waals surface area contributed by atoms with Crippen molar-refractivity contribution in [1.82, 2.24) is 15.1 Å². The zero-order valence-electron chi connectivity index (χ0n) is 22.6. The lowest BCUT2D eigenvalue weighted by Crippen LogP contribution is -2.48. The Kier molecular flexibility index (Phi) is 8.59. The maximum Gasteiger partial charge on any atom is 0.254 e. The minimum Gasteiger partial charge on any atom is -0.493 e. The van der Waals surface area contributed by atoms with Gasteiger partial charge >= 0.3 is 0 Å². The van der Waals surface area contributed by atoms with E-state index in [0.717, 1.165) is 36.9 Å². The first-order valence-electron chi connectivity index (χ1n) is 13.1. The molecule has 3 atom stereocenters. The van der Waals surface area contributed by atoms with Crippen LogP contribution >= 0.6 is 0 Å². The van der Waals surface area contributed by atoms with E-state index in [0.29, 0.717) is 41.9 Å². The van der Waals surface area contributed by atoms with Crippen LogP contribution in [-0.2, 0) is 4.79 Å². The van der Waals surface area contributed by atoms with Gasteiger partial charge in [0.15, 0.2) is 11.5 Å². The summed E-state index contributed by atoms with van der Waals surface area (Å²) in [5.74, 6) is 0.712. The van der Waals surface area contributed by atoms with E-state index in [1.165, 1.54) is 6.42 Å². The van der Waals surface area contributed by atoms with Gasteiger partial charge in [-0.05, 0) is 68.6 Å². The van der Waals surface area contributed by atoms with E-state index in [4.69, 9.17) is 14.2 Å². The van der Waals surface area contributed by atoms with Crippen LogP contribution in [0.2, 0.25) is 0 Å². The highest BCUT2D eigenvalue weighted by Crippen LogP contribution is 2.47. The third-order valence-electron chi connectivity index (χ3n) is 7.66. The molecule has 200 valence electrons. The fourth-order valence-electron chi connectivity index (χ4n) is 5.82. The van der Waals surface area contributed by atoms with Crippen LogP contribution in [0.15, 0.2) is 36.4 Å². The highest BCUT2D eigenvalue weighted by Gasteiger charge is 2.44. The lowest BCUT2D eigenvalue weighted by atomic mass is 9.79. The molecule has 0 saturated carbocycles. The first kappa shape index (κ1) is 26.8. The molecule has 0 radical (unpaired) electrons. The normalized spacial score (nSPS) is 21.5. The van der Waals surface area contributed by atoms with Crippen molar-refractivity contribution in [3.8, 4) is 17.2 Å². The van der Waals surface area contributed by atoms with Crippen LogP contribution < -0.4 is 19.5 Å². The van der Waals surface area contributed by atoms with Gasteiger partial charge in [0.1, 0.15) is 0 Å². The molecule has 0 bridgehead atoms. The first-order valence-corrected chi connectivity index (χ1v) is 13.1. The standard InChI is InChI=1S/C29H39N3O5/c1-6-15-32-26(19-17-23(35-3)27(37-5)24(18-19)36-4)25(21-11-7-8-12-22(21)29(32)34)28(33)30-14-13-20-10-9-16-31(20)2/h7-8,11-12,17-18,20,25-26H,6,9-10,13-16H2,1-5H3,(H,30,33)/t20-,25+,26-/m1/s1. The minimum absolute atomic E-state index is 0.0761. The second-order valence-corrected chi connectivity index (χ2v) is 9.82. The molecule has 0 unspecified atom stereocenters. The number of amides is 2. The monoisotopic (exact) mass is 509 g/mol. The molecule has 8 heteroatoms. The fraction of sp³-hybridized carbons (Fsp3) is 0.517. The Hall–Kier alpha value is -3.26. The van der Waals surface area contributed by atoms with Crippen molar-refractivity contribution in [2.45, 2.75) is 50.6 Å². The predicted octanol–water partition coefficient (Wildman–Crippen LogP) is 4.00. The molecule has 4 rings (SSSR count). The van der Waals surface area contributed by atoms with Gasteiger partial charge in [0.25, 0.3) is 5.91 Å². The Morgan fingerprint density at radius 3 is 2.38 bits per heavy atom. The number of likely N-dealkylation sites (tertiary alicyclic amines) is 1. The molecule has 1 N–H and O–H groups in total. The van der Waals surface area contributed by atoms with Crippen LogP contribution in [-0.4, -0.2) is 75.7 Å². The molecule has 0 aliphatic carbocycles. The van der Waals surface area contributed by atoms with Crippen LogP contribution in [0.5, 0.6) is 17.2 Å². The summed E-state index contributed by atoms with van der Waals surface area (Å²) in [5.41, 5.74) is 2.09. The zero-order chi connectivity index (χ0) is 26.5. The number of ether oxygens (including phenoxy) is 3. The summed E-state index contributed by atoms with van der Waals surface area (Å²) in [4.78, 5) is 31.8. The maximum atomic E-state index is 13.9. The molecule has 2 amide bonds. The topological polar surface area (TPSA) is 80.3 Å². The van der Waals surface area contributed by atoms with Crippen LogP contribution in [0.3, 0.4) is 0 Å². The molecule has 2 aliphatic rings. The summed E-state index contributed by atoms with van der Waals surface area (Å²) < 4.78 is 16.8. The van der Waals surface area contributed by atoms with Gasteiger partial charge in [0, 0.05) is 24.7 Å². The van der Waals surface area contributed by atoms with Crippen molar-refractivity contribution < 1.29 is 23.8 Å². The Balaban J connectivity index is 1.76. The average molecular weight is 510 g/mol. The van der Waals surface area contributed by atoms with Crippen molar-refractivity contribution >= 4 is 11.8 Å².